The second kappa shape index (κ2) is 6.41. The van der Waals surface area contributed by atoms with Gasteiger partial charge in [0.25, 0.3) is 5.91 Å². The van der Waals surface area contributed by atoms with Crippen molar-refractivity contribution in [3.8, 4) is 0 Å². The van der Waals surface area contributed by atoms with Crippen LogP contribution in [-0.4, -0.2) is 38.2 Å². The van der Waals surface area contributed by atoms with Crippen LogP contribution in [0.5, 0.6) is 0 Å². The number of methoxy groups -OCH3 is 1. The molecule has 2 N–H and O–H groups in total. The maximum absolute atomic E-state index is 12.2. The lowest BCUT2D eigenvalue weighted by molar-refractivity contribution is 0.0938. The van der Waals surface area contributed by atoms with Crippen molar-refractivity contribution in [2.75, 3.05) is 32.6 Å². The molecule has 1 aromatic heterocycles. The molecule has 1 fully saturated rings. The first-order chi connectivity index (χ1) is 9.60. The zero-order valence-electron chi connectivity index (χ0n) is 11.8. The van der Waals surface area contributed by atoms with E-state index >= 15 is 0 Å². The normalized spacial score (nSPS) is 15.8. The Balaban J connectivity index is 1.95. The molecule has 110 valence electrons. The fourth-order valence-electron chi connectivity index (χ4n) is 2.12. The number of halogens is 1. The molecule has 20 heavy (non-hydrogen) atoms. The number of carbonyl (C=O) groups excluding carboxylic acids is 1. The number of hydrogen-bond acceptors (Lipinski definition) is 4. The van der Waals surface area contributed by atoms with E-state index in [2.05, 4.69) is 15.6 Å². The third-order valence-corrected chi connectivity index (χ3v) is 4.07. The summed E-state index contributed by atoms with van der Waals surface area (Å²) in [5, 5.41) is 6.23. The number of anilines is 1. The smallest absolute Gasteiger partial charge is 0.253 e. The van der Waals surface area contributed by atoms with Crippen molar-refractivity contribution < 1.29 is 9.53 Å². The molecule has 0 bridgehead atoms. The summed E-state index contributed by atoms with van der Waals surface area (Å²) in [5.74, 6) is 0.470. The number of nitrogens with one attached hydrogen (secondary N) is 2. The quantitative estimate of drug-likeness (QED) is 0.811. The highest BCUT2D eigenvalue weighted by Gasteiger charge is 2.42. The Morgan fingerprint density at radius 3 is 2.90 bits per heavy atom. The lowest BCUT2D eigenvalue weighted by Gasteiger charge is -2.16. The van der Waals surface area contributed by atoms with E-state index in [-0.39, 0.29) is 11.3 Å². The van der Waals surface area contributed by atoms with Crippen LogP contribution in [0.2, 0.25) is 5.02 Å². The molecule has 1 amide bonds. The first kappa shape index (κ1) is 15.1. The molecule has 5 nitrogen and oxygen atoms in total. The maximum atomic E-state index is 12.2. The van der Waals surface area contributed by atoms with Gasteiger partial charge < -0.3 is 15.4 Å². The molecule has 1 aliphatic rings. The third-order valence-electron chi connectivity index (χ3n) is 3.77. The van der Waals surface area contributed by atoms with Crippen molar-refractivity contribution in [3.63, 3.8) is 0 Å². The number of amides is 1. The average molecular weight is 298 g/mol. The molecule has 1 aromatic rings. The lowest BCUT2D eigenvalue weighted by atomic mass is 10.0. The summed E-state index contributed by atoms with van der Waals surface area (Å²) in [6, 6.07) is 1.66. The standard InChI is InChI=1S/C14H20ClN3O2/c1-16-12-7-10(11(15)8-17-12)13(19)18-9-14(3-4-14)5-6-20-2/h7-8H,3-6,9H2,1-2H3,(H,16,17)(H,18,19). The fourth-order valence-corrected chi connectivity index (χ4v) is 2.31. The summed E-state index contributed by atoms with van der Waals surface area (Å²) >= 11 is 6.03. The first-order valence-electron chi connectivity index (χ1n) is 6.71. The largest absolute Gasteiger partial charge is 0.385 e. The van der Waals surface area contributed by atoms with Crippen LogP contribution in [0, 0.1) is 5.41 Å². The summed E-state index contributed by atoms with van der Waals surface area (Å²) in [6.07, 6.45) is 4.75. The molecule has 0 unspecified atom stereocenters. The molecular weight excluding hydrogens is 278 g/mol. The molecule has 1 aliphatic carbocycles. The van der Waals surface area contributed by atoms with Gasteiger partial charge in [0.05, 0.1) is 10.6 Å². The fraction of sp³-hybridized carbons (Fsp3) is 0.571. The number of ether oxygens (including phenoxy) is 1. The van der Waals surface area contributed by atoms with E-state index in [1.54, 1.807) is 20.2 Å². The Labute approximate surface area is 124 Å². The van der Waals surface area contributed by atoms with Crippen LogP contribution in [0.3, 0.4) is 0 Å². The molecule has 0 atom stereocenters. The Hall–Kier alpha value is -1.33. The van der Waals surface area contributed by atoms with Gasteiger partial charge in [-0.3, -0.25) is 4.79 Å². The maximum Gasteiger partial charge on any atom is 0.253 e. The van der Waals surface area contributed by atoms with Crippen molar-refractivity contribution in [1.29, 1.82) is 0 Å². The van der Waals surface area contributed by atoms with Crippen LogP contribution in [-0.2, 0) is 4.74 Å². The summed E-state index contributed by atoms with van der Waals surface area (Å²) < 4.78 is 5.11. The number of carbonyl (C=O) groups is 1. The van der Waals surface area contributed by atoms with Crippen LogP contribution in [0.4, 0.5) is 5.82 Å². The second-order valence-corrected chi connectivity index (χ2v) is 5.63. The molecule has 2 rings (SSSR count). The van der Waals surface area contributed by atoms with Gasteiger partial charge in [0.2, 0.25) is 0 Å². The van der Waals surface area contributed by atoms with Gasteiger partial charge in [0, 0.05) is 33.5 Å². The van der Waals surface area contributed by atoms with Gasteiger partial charge in [-0.2, -0.15) is 0 Å². The highest BCUT2D eigenvalue weighted by atomic mass is 35.5. The van der Waals surface area contributed by atoms with Crippen molar-refractivity contribution in [2.24, 2.45) is 5.41 Å². The van der Waals surface area contributed by atoms with Gasteiger partial charge in [0.15, 0.2) is 0 Å². The third kappa shape index (κ3) is 3.61. The van der Waals surface area contributed by atoms with Gasteiger partial charge in [-0.05, 0) is 30.7 Å². The molecule has 1 saturated carbocycles. The Morgan fingerprint density at radius 1 is 1.55 bits per heavy atom. The van der Waals surface area contributed by atoms with E-state index < -0.39 is 0 Å². The highest BCUT2D eigenvalue weighted by Crippen LogP contribution is 2.48. The number of rotatable bonds is 7. The van der Waals surface area contributed by atoms with Crippen molar-refractivity contribution in [3.05, 3.63) is 22.8 Å². The van der Waals surface area contributed by atoms with Crippen LogP contribution in [0.1, 0.15) is 29.6 Å². The summed E-state index contributed by atoms with van der Waals surface area (Å²) in [5.41, 5.74) is 0.672. The number of hydrogen-bond donors (Lipinski definition) is 2. The van der Waals surface area contributed by atoms with Crippen LogP contribution >= 0.6 is 11.6 Å². The van der Waals surface area contributed by atoms with Crippen molar-refractivity contribution in [2.45, 2.75) is 19.3 Å². The van der Waals surface area contributed by atoms with Crippen molar-refractivity contribution >= 4 is 23.3 Å². The van der Waals surface area contributed by atoms with E-state index in [0.29, 0.717) is 22.9 Å². The first-order valence-corrected chi connectivity index (χ1v) is 7.08. The van der Waals surface area contributed by atoms with E-state index in [9.17, 15) is 4.79 Å². The highest BCUT2D eigenvalue weighted by molar-refractivity contribution is 6.33. The van der Waals surface area contributed by atoms with E-state index in [0.717, 1.165) is 25.9 Å². The van der Waals surface area contributed by atoms with E-state index in [1.165, 1.54) is 6.20 Å². The summed E-state index contributed by atoms with van der Waals surface area (Å²) in [6.45, 7) is 1.40. The zero-order chi connectivity index (χ0) is 14.6. The predicted molar refractivity (Wildman–Crippen MR) is 79.3 cm³/mol. The zero-order valence-corrected chi connectivity index (χ0v) is 12.6. The number of nitrogens with zero attached hydrogens (tertiary/aromatic N) is 1. The van der Waals surface area contributed by atoms with E-state index in [1.807, 2.05) is 0 Å². The van der Waals surface area contributed by atoms with Crippen LogP contribution in [0.25, 0.3) is 0 Å². The minimum Gasteiger partial charge on any atom is -0.385 e. The van der Waals surface area contributed by atoms with Gasteiger partial charge >= 0.3 is 0 Å². The van der Waals surface area contributed by atoms with Gasteiger partial charge in [-0.15, -0.1) is 0 Å². The van der Waals surface area contributed by atoms with Crippen LogP contribution < -0.4 is 10.6 Å². The topological polar surface area (TPSA) is 63.2 Å². The molecule has 0 spiro atoms. The number of aromatic nitrogens is 1. The van der Waals surface area contributed by atoms with Gasteiger partial charge in [0.1, 0.15) is 5.82 Å². The average Bonchev–Trinajstić information content (AvgIpc) is 3.24. The molecular formula is C14H20ClN3O2. The molecule has 6 heteroatoms. The summed E-state index contributed by atoms with van der Waals surface area (Å²) in [7, 11) is 3.45. The lowest BCUT2D eigenvalue weighted by Crippen LogP contribution is -2.31. The minimum absolute atomic E-state index is 0.155. The number of pyridine rings is 1. The Morgan fingerprint density at radius 2 is 2.30 bits per heavy atom. The predicted octanol–water partition coefficient (Wildman–Crippen LogP) is 2.32. The molecule has 0 aromatic carbocycles. The molecule has 0 aliphatic heterocycles. The summed E-state index contributed by atoms with van der Waals surface area (Å²) in [4.78, 5) is 16.3. The molecule has 0 radical (unpaired) electrons. The Bertz CT molecular complexity index is 489. The second-order valence-electron chi connectivity index (χ2n) is 5.22. The van der Waals surface area contributed by atoms with Gasteiger partial charge in [-0.25, -0.2) is 4.98 Å². The SMILES string of the molecule is CNc1cc(C(=O)NCC2(CCOC)CC2)c(Cl)cn1. The molecule has 0 saturated heterocycles. The van der Waals surface area contributed by atoms with Gasteiger partial charge in [-0.1, -0.05) is 11.6 Å². The molecule has 1 heterocycles. The monoisotopic (exact) mass is 297 g/mol. The van der Waals surface area contributed by atoms with Crippen LogP contribution in [0.15, 0.2) is 12.3 Å². The minimum atomic E-state index is -0.155. The van der Waals surface area contributed by atoms with E-state index in [4.69, 9.17) is 16.3 Å². The Kier molecular flexibility index (Phi) is 4.83. The van der Waals surface area contributed by atoms with Crippen molar-refractivity contribution in [1.82, 2.24) is 10.3 Å².